The molecule has 1 aliphatic rings. The van der Waals surface area contributed by atoms with E-state index in [1.807, 2.05) is 37.3 Å². The van der Waals surface area contributed by atoms with Gasteiger partial charge in [0.2, 0.25) is 5.91 Å². The lowest BCUT2D eigenvalue weighted by atomic mass is 10.1. The van der Waals surface area contributed by atoms with E-state index in [-0.39, 0.29) is 24.3 Å². The number of hydrogen-bond acceptors (Lipinski definition) is 4. The van der Waals surface area contributed by atoms with E-state index < -0.39 is 0 Å². The van der Waals surface area contributed by atoms with E-state index in [9.17, 15) is 9.59 Å². The Kier molecular flexibility index (Phi) is 5.09. The molecule has 0 radical (unpaired) electrons. The van der Waals surface area contributed by atoms with Gasteiger partial charge in [-0.3, -0.25) is 9.59 Å². The average Bonchev–Trinajstić information content (AvgIpc) is 2.69. The Morgan fingerprint density at radius 3 is 2.50 bits per heavy atom. The van der Waals surface area contributed by atoms with E-state index in [1.165, 1.54) is 5.01 Å². The molecular formula is C20H18N4O2. The first-order chi connectivity index (χ1) is 12.6. The van der Waals surface area contributed by atoms with Gasteiger partial charge in [-0.1, -0.05) is 30.3 Å². The molecule has 0 aliphatic carbocycles. The maximum absolute atomic E-state index is 12.6. The quantitative estimate of drug-likeness (QED) is 0.923. The lowest BCUT2D eigenvalue weighted by Crippen LogP contribution is -2.39. The molecule has 6 heteroatoms. The largest absolute Gasteiger partial charge is 0.344 e. The van der Waals surface area contributed by atoms with Gasteiger partial charge in [0, 0.05) is 12.8 Å². The Labute approximate surface area is 151 Å². The number of benzene rings is 2. The van der Waals surface area contributed by atoms with Crippen molar-refractivity contribution in [1.82, 2.24) is 5.32 Å². The van der Waals surface area contributed by atoms with Crippen LogP contribution in [0.15, 0.2) is 59.7 Å². The third-order valence-electron chi connectivity index (χ3n) is 4.18. The van der Waals surface area contributed by atoms with Crippen molar-refractivity contribution in [1.29, 1.82) is 5.26 Å². The van der Waals surface area contributed by atoms with Crippen molar-refractivity contribution >= 4 is 23.2 Å². The minimum Gasteiger partial charge on any atom is -0.344 e. The number of nitrogens with zero attached hydrogens (tertiary/aromatic N) is 3. The fraction of sp³-hybridized carbons (Fsp3) is 0.200. The summed E-state index contributed by atoms with van der Waals surface area (Å²) in [7, 11) is 0. The van der Waals surface area contributed by atoms with E-state index in [1.54, 1.807) is 24.3 Å². The van der Waals surface area contributed by atoms with Crippen LogP contribution in [0.2, 0.25) is 0 Å². The van der Waals surface area contributed by atoms with Gasteiger partial charge in [-0.15, -0.1) is 0 Å². The highest BCUT2D eigenvalue weighted by atomic mass is 16.2. The van der Waals surface area contributed by atoms with Crippen LogP contribution in [0.25, 0.3) is 0 Å². The van der Waals surface area contributed by atoms with Crippen LogP contribution in [0, 0.1) is 11.3 Å². The second kappa shape index (κ2) is 7.62. The topological polar surface area (TPSA) is 85.6 Å². The minimum absolute atomic E-state index is 0.132. The molecule has 0 fully saturated rings. The number of amides is 2. The van der Waals surface area contributed by atoms with Crippen molar-refractivity contribution < 1.29 is 9.59 Å². The maximum Gasteiger partial charge on any atom is 0.267 e. The summed E-state index contributed by atoms with van der Waals surface area (Å²) >= 11 is 0. The van der Waals surface area contributed by atoms with Gasteiger partial charge in [-0.25, -0.2) is 5.01 Å². The standard InChI is InChI=1S/C20H18N4O2/c1-14(16-9-7-15(13-21)8-10-16)22-20(26)18-11-12-19(25)24(23-18)17-5-3-2-4-6-17/h2-10,14H,11-12H2,1H3,(H,22,26). The summed E-state index contributed by atoms with van der Waals surface area (Å²) in [4.78, 5) is 24.7. The molecule has 1 atom stereocenters. The molecule has 130 valence electrons. The van der Waals surface area contributed by atoms with Gasteiger partial charge < -0.3 is 5.32 Å². The van der Waals surface area contributed by atoms with Crippen LogP contribution >= 0.6 is 0 Å². The van der Waals surface area contributed by atoms with Crippen LogP contribution in [-0.4, -0.2) is 17.5 Å². The van der Waals surface area contributed by atoms with E-state index in [4.69, 9.17) is 5.26 Å². The molecule has 1 N–H and O–H groups in total. The van der Waals surface area contributed by atoms with Gasteiger partial charge in [-0.2, -0.15) is 10.4 Å². The Bertz CT molecular complexity index is 882. The van der Waals surface area contributed by atoms with Gasteiger partial charge in [0.15, 0.2) is 0 Å². The van der Waals surface area contributed by atoms with E-state index in [2.05, 4.69) is 16.5 Å². The van der Waals surface area contributed by atoms with E-state index in [0.29, 0.717) is 23.4 Å². The molecule has 3 rings (SSSR count). The van der Waals surface area contributed by atoms with Gasteiger partial charge in [0.25, 0.3) is 5.91 Å². The summed E-state index contributed by atoms with van der Waals surface area (Å²) in [5, 5.41) is 17.3. The van der Waals surface area contributed by atoms with Crippen molar-refractivity contribution in [3.63, 3.8) is 0 Å². The van der Waals surface area contributed by atoms with Crippen molar-refractivity contribution in [2.24, 2.45) is 5.10 Å². The molecule has 0 aromatic heterocycles. The third kappa shape index (κ3) is 3.78. The second-order valence-electron chi connectivity index (χ2n) is 6.02. The summed E-state index contributed by atoms with van der Waals surface area (Å²) in [6, 6.07) is 17.9. The molecule has 0 saturated carbocycles. The first kappa shape index (κ1) is 17.4. The smallest absolute Gasteiger partial charge is 0.267 e. The Balaban J connectivity index is 1.74. The molecule has 0 bridgehead atoms. The van der Waals surface area contributed by atoms with Crippen LogP contribution in [-0.2, 0) is 9.59 Å². The summed E-state index contributed by atoms with van der Waals surface area (Å²) < 4.78 is 0. The fourth-order valence-electron chi connectivity index (χ4n) is 2.70. The first-order valence-electron chi connectivity index (χ1n) is 8.35. The van der Waals surface area contributed by atoms with Gasteiger partial charge in [0.05, 0.1) is 23.4 Å². The van der Waals surface area contributed by atoms with Gasteiger partial charge in [0.1, 0.15) is 5.71 Å². The molecular weight excluding hydrogens is 328 g/mol. The number of hydrogen-bond donors (Lipinski definition) is 1. The zero-order valence-electron chi connectivity index (χ0n) is 14.3. The number of hydrazone groups is 1. The van der Waals surface area contributed by atoms with Crippen molar-refractivity contribution in [2.75, 3.05) is 5.01 Å². The van der Waals surface area contributed by atoms with E-state index >= 15 is 0 Å². The molecule has 2 amide bonds. The monoisotopic (exact) mass is 346 g/mol. The number of para-hydroxylation sites is 1. The molecule has 0 spiro atoms. The number of nitriles is 1. The third-order valence-corrected chi connectivity index (χ3v) is 4.18. The molecule has 26 heavy (non-hydrogen) atoms. The normalized spacial score (nSPS) is 15.0. The highest BCUT2D eigenvalue weighted by Gasteiger charge is 2.26. The molecule has 6 nitrogen and oxygen atoms in total. The zero-order chi connectivity index (χ0) is 18.5. The summed E-state index contributed by atoms with van der Waals surface area (Å²) in [6.07, 6.45) is 0.556. The number of carbonyl (C=O) groups excluding carboxylic acids is 2. The Hall–Kier alpha value is -3.46. The summed E-state index contributed by atoms with van der Waals surface area (Å²) in [5.74, 6) is -0.428. The molecule has 2 aromatic carbocycles. The van der Waals surface area contributed by atoms with Crippen LogP contribution < -0.4 is 10.3 Å². The zero-order valence-corrected chi connectivity index (χ0v) is 14.3. The number of carbonyl (C=O) groups is 2. The Morgan fingerprint density at radius 2 is 1.85 bits per heavy atom. The van der Waals surface area contributed by atoms with Crippen molar-refractivity contribution in [3.8, 4) is 6.07 Å². The fourth-order valence-corrected chi connectivity index (χ4v) is 2.70. The number of rotatable bonds is 4. The lowest BCUT2D eigenvalue weighted by molar-refractivity contribution is -0.119. The molecule has 0 saturated heterocycles. The van der Waals surface area contributed by atoms with Gasteiger partial charge in [-0.05, 0) is 36.8 Å². The first-order valence-corrected chi connectivity index (χ1v) is 8.35. The molecule has 2 aromatic rings. The SMILES string of the molecule is CC(NC(=O)C1=NN(c2ccccc2)C(=O)CC1)c1ccc(C#N)cc1. The molecule has 1 aliphatic heterocycles. The average molecular weight is 346 g/mol. The number of anilines is 1. The minimum atomic E-state index is -0.296. The second-order valence-corrected chi connectivity index (χ2v) is 6.02. The summed E-state index contributed by atoms with van der Waals surface area (Å²) in [6.45, 7) is 1.86. The maximum atomic E-state index is 12.6. The predicted molar refractivity (Wildman–Crippen MR) is 98.3 cm³/mol. The van der Waals surface area contributed by atoms with Crippen molar-refractivity contribution in [3.05, 3.63) is 65.7 Å². The van der Waals surface area contributed by atoms with Crippen molar-refractivity contribution in [2.45, 2.75) is 25.8 Å². The van der Waals surface area contributed by atoms with Crippen LogP contribution in [0.3, 0.4) is 0 Å². The highest BCUT2D eigenvalue weighted by Crippen LogP contribution is 2.20. The Morgan fingerprint density at radius 1 is 1.15 bits per heavy atom. The van der Waals surface area contributed by atoms with E-state index in [0.717, 1.165) is 5.56 Å². The summed E-state index contributed by atoms with van der Waals surface area (Å²) in [5.41, 5.74) is 2.43. The van der Waals surface area contributed by atoms with Crippen LogP contribution in [0.4, 0.5) is 5.69 Å². The lowest BCUT2D eigenvalue weighted by Gasteiger charge is -2.24. The number of nitrogens with one attached hydrogen (secondary N) is 1. The van der Waals surface area contributed by atoms with Crippen LogP contribution in [0.1, 0.15) is 36.9 Å². The van der Waals surface area contributed by atoms with Crippen LogP contribution in [0.5, 0.6) is 0 Å². The predicted octanol–water partition coefficient (Wildman–Crippen LogP) is 2.92. The molecule has 1 unspecified atom stereocenters. The highest BCUT2D eigenvalue weighted by molar-refractivity contribution is 6.40. The van der Waals surface area contributed by atoms with Gasteiger partial charge >= 0.3 is 0 Å². The molecule has 1 heterocycles.